The Morgan fingerprint density at radius 3 is 2.68 bits per heavy atom. The second-order valence-electron chi connectivity index (χ2n) is 4.15. The van der Waals surface area contributed by atoms with E-state index in [4.69, 9.17) is 5.84 Å². The third kappa shape index (κ3) is 2.82. The third-order valence-corrected chi connectivity index (χ3v) is 3.97. The van der Waals surface area contributed by atoms with Gasteiger partial charge in [0.05, 0.1) is 33.7 Å². The number of halogens is 1. The van der Waals surface area contributed by atoms with E-state index in [1.54, 1.807) is 12.1 Å². The van der Waals surface area contributed by atoms with Crippen molar-refractivity contribution in [2.45, 2.75) is 20.4 Å². The molecule has 19 heavy (non-hydrogen) atoms. The van der Waals surface area contributed by atoms with E-state index in [-0.39, 0.29) is 5.91 Å². The van der Waals surface area contributed by atoms with Crippen LogP contribution in [0.4, 0.5) is 0 Å². The second kappa shape index (κ2) is 5.50. The van der Waals surface area contributed by atoms with Gasteiger partial charge in [0.1, 0.15) is 0 Å². The van der Waals surface area contributed by atoms with Crippen LogP contribution in [-0.2, 0) is 6.54 Å². The van der Waals surface area contributed by atoms with Crippen LogP contribution in [0.15, 0.2) is 22.8 Å². The Kier molecular flexibility index (Phi) is 3.96. The number of hydrogen-bond acceptors (Lipinski definition) is 4. The minimum Gasteiger partial charge on any atom is -0.290 e. The molecule has 2 heterocycles. The maximum atomic E-state index is 11.3. The molecule has 3 N–H and O–H groups in total. The summed E-state index contributed by atoms with van der Waals surface area (Å²) in [7, 11) is 0. The van der Waals surface area contributed by atoms with Gasteiger partial charge in [0.25, 0.3) is 5.91 Å². The topological polar surface area (TPSA) is 85.8 Å². The van der Waals surface area contributed by atoms with Gasteiger partial charge in [0.15, 0.2) is 0 Å². The molecule has 2 aromatic rings. The molecule has 6 nitrogen and oxygen atoms in total. The van der Waals surface area contributed by atoms with Crippen LogP contribution in [0.3, 0.4) is 0 Å². The fourth-order valence-corrected chi connectivity index (χ4v) is 2.00. The Labute approximate surface area is 119 Å². The largest absolute Gasteiger partial charge is 0.290 e. The summed E-state index contributed by atoms with van der Waals surface area (Å²) in [5.74, 6) is 4.70. The Morgan fingerprint density at radius 2 is 2.21 bits per heavy atom. The fraction of sp³-hybridized carbons (Fsp3) is 0.250. The van der Waals surface area contributed by atoms with E-state index in [1.807, 2.05) is 18.5 Å². The first-order chi connectivity index (χ1) is 9.02. The summed E-state index contributed by atoms with van der Waals surface area (Å²) in [6.45, 7) is 4.48. The van der Waals surface area contributed by atoms with Gasteiger partial charge in [0, 0.05) is 6.20 Å². The molecule has 2 aromatic heterocycles. The molecular weight excluding hydrogens is 310 g/mol. The lowest BCUT2D eigenvalue weighted by molar-refractivity contribution is 0.0953. The number of aromatic nitrogens is 3. The van der Waals surface area contributed by atoms with Crippen LogP contribution in [0.2, 0.25) is 0 Å². The number of rotatable bonds is 3. The van der Waals surface area contributed by atoms with Crippen LogP contribution in [0.1, 0.15) is 27.4 Å². The summed E-state index contributed by atoms with van der Waals surface area (Å²) >= 11 is 3.48. The number of hydrazine groups is 1. The average Bonchev–Trinajstić information content (AvgIpc) is 2.66. The first kappa shape index (κ1) is 13.7. The first-order valence-corrected chi connectivity index (χ1v) is 6.47. The molecule has 0 radical (unpaired) electrons. The predicted octanol–water partition coefficient (Wildman–Crippen LogP) is 1.31. The average molecular weight is 324 g/mol. The Balaban J connectivity index is 2.20. The van der Waals surface area contributed by atoms with Gasteiger partial charge in [0.2, 0.25) is 0 Å². The quantitative estimate of drug-likeness (QED) is 0.506. The monoisotopic (exact) mass is 323 g/mol. The summed E-state index contributed by atoms with van der Waals surface area (Å²) in [5, 5.41) is 4.41. The first-order valence-electron chi connectivity index (χ1n) is 5.68. The van der Waals surface area contributed by atoms with Crippen LogP contribution in [0.25, 0.3) is 0 Å². The molecule has 0 saturated heterocycles. The Hall–Kier alpha value is -1.73. The van der Waals surface area contributed by atoms with Crippen LogP contribution in [0, 0.1) is 13.8 Å². The van der Waals surface area contributed by atoms with Crippen molar-refractivity contribution in [3.05, 3.63) is 45.4 Å². The van der Waals surface area contributed by atoms with Crippen LogP contribution in [-0.4, -0.2) is 20.7 Å². The highest BCUT2D eigenvalue weighted by Gasteiger charge is 2.10. The van der Waals surface area contributed by atoms with Gasteiger partial charge >= 0.3 is 0 Å². The van der Waals surface area contributed by atoms with Gasteiger partial charge in [-0.25, -0.2) is 5.84 Å². The van der Waals surface area contributed by atoms with Crippen molar-refractivity contribution in [3.8, 4) is 0 Å². The van der Waals surface area contributed by atoms with Crippen molar-refractivity contribution >= 4 is 21.8 Å². The maximum absolute atomic E-state index is 11.3. The fourth-order valence-electron chi connectivity index (χ4n) is 1.72. The van der Waals surface area contributed by atoms with Gasteiger partial charge in [-0.15, -0.1) is 0 Å². The van der Waals surface area contributed by atoms with E-state index in [1.165, 1.54) is 6.20 Å². The molecule has 0 atom stereocenters. The number of aryl methyl sites for hydroxylation is 1. The highest BCUT2D eigenvalue weighted by Crippen LogP contribution is 2.20. The van der Waals surface area contributed by atoms with Crippen LogP contribution >= 0.6 is 15.9 Å². The summed E-state index contributed by atoms with van der Waals surface area (Å²) in [4.78, 5) is 15.5. The number of hydrogen-bond donors (Lipinski definition) is 2. The lowest BCUT2D eigenvalue weighted by Gasteiger charge is -2.05. The second-order valence-corrected chi connectivity index (χ2v) is 4.95. The zero-order valence-corrected chi connectivity index (χ0v) is 12.2. The summed E-state index contributed by atoms with van der Waals surface area (Å²) in [6, 6.07) is 3.47. The van der Waals surface area contributed by atoms with Crippen LogP contribution in [0.5, 0.6) is 0 Å². The number of carbonyl (C=O) groups is 1. The third-order valence-electron chi connectivity index (χ3n) is 2.82. The summed E-state index contributed by atoms with van der Waals surface area (Å²) in [6.07, 6.45) is 1.50. The molecule has 7 heteroatoms. The number of nitrogens with one attached hydrogen (secondary N) is 1. The summed E-state index contributed by atoms with van der Waals surface area (Å²) in [5.41, 5.74) is 5.31. The van der Waals surface area contributed by atoms with Crippen LogP contribution < -0.4 is 11.3 Å². The van der Waals surface area contributed by atoms with E-state index in [9.17, 15) is 4.79 Å². The smallest absolute Gasteiger partial charge is 0.266 e. The molecule has 100 valence electrons. The minimum absolute atomic E-state index is 0.354. The summed E-state index contributed by atoms with van der Waals surface area (Å²) < 4.78 is 2.87. The van der Waals surface area contributed by atoms with E-state index in [2.05, 4.69) is 31.4 Å². The van der Waals surface area contributed by atoms with Crippen molar-refractivity contribution in [2.75, 3.05) is 0 Å². The lowest BCUT2D eigenvalue weighted by Crippen LogP contribution is -2.30. The number of nitrogen functional groups attached to an aromatic ring is 1. The van der Waals surface area contributed by atoms with Gasteiger partial charge in [-0.3, -0.25) is 19.9 Å². The molecule has 0 unspecified atom stereocenters. The zero-order valence-electron chi connectivity index (χ0n) is 10.6. The molecule has 1 amide bonds. The number of pyridine rings is 1. The van der Waals surface area contributed by atoms with E-state index >= 15 is 0 Å². The Morgan fingerprint density at radius 1 is 1.47 bits per heavy atom. The number of amides is 1. The standard InChI is InChI=1S/C12H14BrN5O/c1-7-11(13)8(2)18(17-7)6-10-4-3-9(5-15-10)12(19)16-14/h3-5H,6,14H2,1-2H3,(H,16,19). The maximum Gasteiger partial charge on any atom is 0.266 e. The molecule has 0 saturated carbocycles. The van der Waals surface area contributed by atoms with Gasteiger partial charge in [-0.2, -0.15) is 5.10 Å². The minimum atomic E-state index is -0.354. The number of nitrogens with zero attached hydrogens (tertiary/aromatic N) is 3. The molecule has 0 bridgehead atoms. The predicted molar refractivity (Wildman–Crippen MR) is 74.4 cm³/mol. The highest BCUT2D eigenvalue weighted by molar-refractivity contribution is 9.10. The van der Waals surface area contributed by atoms with E-state index in [0.29, 0.717) is 12.1 Å². The van der Waals surface area contributed by atoms with Crippen molar-refractivity contribution in [3.63, 3.8) is 0 Å². The molecular formula is C12H14BrN5O. The SMILES string of the molecule is Cc1nn(Cc2ccc(C(=O)NN)cn2)c(C)c1Br. The molecule has 0 aliphatic carbocycles. The number of nitrogens with two attached hydrogens (primary N) is 1. The van der Waals surface area contributed by atoms with Crippen molar-refractivity contribution < 1.29 is 4.79 Å². The van der Waals surface area contributed by atoms with Crippen molar-refractivity contribution in [1.82, 2.24) is 20.2 Å². The number of carbonyl (C=O) groups excluding carboxylic acids is 1. The van der Waals surface area contributed by atoms with Gasteiger partial charge in [-0.1, -0.05) is 0 Å². The normalized spacial score (nSPS) is 10.5. The molecule has 0 aliphatic rings. The molecule has 2 rings (SSSR count). The van der Waals surface area contributed by atoms with Crippen molar-refractivity contribution in [2.24, 2.45) is 5.84 Å². The lowest BCUT2D eigenvalue weighted by atomic mass is 10.2. The van der Waals surface area contributed by atoms with Gasteiger partial charge in [-0.05, 0) is 41.9 Å². The highest BCUT2D eigenvalue weighted by atomic mass is 79.9. The Bertz CT molecular complexity index is 605. The molecule has 0 aromatic carbocycles. The van der Waals surface area contributed by atoms with Crippen molar-refractivity contribution in [1.29, 1.82) is 0 Å². The molecule has 0 aliphatic heterocycles. The molecule has 0 fully saturated rings. The van der Waals surface area contributed by atoms with E-state index in [0.717, 1.165) is 21.6 Å². The zero-order chi connectivity index (χ0) is 14.0. The molecule has 0 spiro atoms. The van der Waals surface area contributed by atoms with E-state index < -0.39 is 0 Å². The van der Waals surface area contributed by atoms with Gasteiger partial charge < -0.3 is 0 Å².